The number of carbonyl (C=O) groups is 1. The third kappa shape index (κ3) is 4.39. The van der Waals surface area contributed by atoms with Gasteiger partial charge in [0.05, 0.1) is 30.4 Å². The molecular formula is C20H29N5O2S. The van der Waals surface area contributed by atoms with Gasteiger partial charge in [0.2, 0.25) is 5.95 Å². The minimum Gasteiger partial charge on any atom is -0.394 e. The van der Waals surface area contributed by atoms with E-state index in [4.69, 9.17) is 0 Å². The molecule has 0 radical (unpaired) electrons. The van der Waals surface area contributed by atoms with Crippen LogP contribution in [0.3, 0.4) is 0 Å². The fourth-order valence-electron chi connectivity index (χ4n) is 3.34. The number of fused-ring (bicyclic) bond motifs is 1. The van der Waals surface area contributed by atoms with Crippen LogP contribution in [0, 0.1) is 0 Å². The summed E-state index contributed by atoms with van der Waals surface area (Å²) >= 11 is 0. The van der Waals surface area contributed by atoms with Gasteiger partial charge in [-0.2, -0.15) is 13.5 Å². The van der Waals surface area contributed by atoms with E-state index in [0.717, 1.165) is 16.8 Å². The van der Waals surface area contributed by atoms with Gasteiger partial charge in [0.15, 0.2) is 0 Å². The second kappa shape index (κ2) is 8.79. The van der Waals surface area contributed by atoms with Gasteiger partial charge in [0, 0.05) is 17.8 Å². The first-order valence-corrected chi connectivity index (χ1v) is 9.19. The van der Waals surface area contributed by atoms with Crippen molar-refractivity contribution in [2.45, 2.75) is 51.9 Å². The normalized spacial score (nSPS) is 15.6. The first-order valence-electron chi connectivity index (χ1n) is 9.19. The predicted octanol–water partition coefficient (Wildman–Crippen LogP) is 2.90. The van der Waals surface area contributed by atoms with Gasteiger partial charge in [-0.15, -0.1) is 0 Å². The summed E-state index contributed by atoms with van der Waals surface area (Å²) in [4.78, 5) is 23.7. The maximum absolute atomic E-state index is 13.0. The average molecular weight is 404 g/mol. The number of nitrogens with one attached hydrogen (secondary N) is 2. The molecule has 0 fully saturated rings. The molecule has 8 heteroatoms. The maximum atomic E-state index is 13.0. The molecule has 0 spiro atoms. The fraction of sp³-hybridized carbons (Fsp3) is 0.450. The van der Waals surface area contributed by atoms with E-state index < -0.39 is 11.6 Å². The van der Waals surface area contributed by atoms with E-state index in [1.807, 2.05) is 58.0 Å². The van der Waals surface area contributed by atoms with Crippen LogP contribution in [0.15, 0.2) is 36.5 Å². The molecule has 1 aromatic carbocycles. The van der Waals surface area contributed by atoms with Crippen LogP contribution in [0.4, 0.5) is 10.7 Å². The highest BCUT2D eigenvalue weighted by molar-refractivity contribution is 7.59. The molecule has 0 bridgehead atoms. The fourth-order valence-corrected chi connectivity index (χ4v) is 3.34. The minimum atomic E-state index is -0.535. The molecule has 0 saturated heterocycles. The quantitative estimate of drug-likeness (QED) is 0.714. The largest absolute Gasteiger partial charge is 0.394 e. The zero-order valence-corrected chi connectivity index (χ0v) is 17.7. The molecule has 0 unspecified atom stereocenters. The highest BCUT2D eigenvalue weighted by Crippen LogP contribution is 2.38. The van der Waals surface area contributed by atoms with Crippen LogP contribution < -0.4 is 10.6 Å². The van der Waals surface area contributed by atoms with E-state index in [1.165, 1.54) is 0 Å². The number of anilines is 1. The first kappa shape index (κ1) is 22.0. The minimum absolute atomic E-state index is 0. The molecule has 1 atom stereocenters. The van der Waals surface area contributed by atoms with E-state index in [9.17, 15) is 9.90 Å². The number of carbonyl (C=O) groups excluding carboxylic acids is 1. The molecule has 2 amide bonds. The molecule has 2 heterocycles. The Labute approximate surface area is 173 Å². The van der Waals surface area contributed by atoms with Gasteiger partial charge >= 0.3 is 6.03 Å². The Kier molecular flexibility index (Phi) is 6.90. The zero-order chi connectivity index (χ0) is 19.6. The lowest BCUT2D eigenvalue weighted by Crippen LogP contribution is -2.47. The summed E-state index contributed by atoms with van der Waals surface area (Å²) in [5.74, 6) is 0.569. The van der Waals surface area contributed by atoms with Crippen LogP contribution >= 0.6 is 13.5 Å². The lowest BCUT2D eigenvalue weighted by atomic mass is 9.97. The van der Waals surface area contributed by atoms with Crippen molar-refractivity contribution in [1.82, 2.24) is 20.2 Å². The Hall–Kier alpha value is -2.32. The van der Waals surface area contributed by atoms with E-state index in [1.54, 1.807) is 11.1 Å². The van der Waals surface area contributed by atoms with Crippen molar-refractivity contribution in [3.63, 3.8) is 0 Å². The third-order valence-electron chi connectivity index (χ3n) is 4.85. The maximum Gasteiger partial charge on any atom is 0.319 e. The van der Waals surface area contributed by atoms with E-state index in [2.05, 4.69) is 20.6 Å². The number of hydrogen-bond acceptors (Lipinski definition) is 5. The summed E-state index contributed by atoms with van der Waals surface area (Å²) in [5, 5.41) is 15.9. The smallest absolute Gasteiger partial charge is 0.319 e. The van der Waals surface area contributed by atoms with Crippen molar-refractivity contribution < 1.29 is 9.90 Å². The second-order valence-electron chi connectivity index (χ2n) is 7.59. The Morgan fingerprint density at radius 2 is 1.96 bits per heavy atom. The molecule has 7 nitrogen and oxygen atoms in total. The summed E-state index contributed by atoms with van der Waals surface area (Å²) in [6.45, 7) is 8.25. The van der Waals surface area contributed by atoms with Gasteiger partial charge in [-0.05, 0) is 33.3 Å². The molecule has 1 aliphatic rings. The van der Waals surface area contributed by atoms with Crippen molar-refractivity contribution in [2.24, 2.45) is 0 Å². The van der Waals surface area contributed by atoms with Crippen LogP contribution in [0.5, 0.6) is 0 Å². The molecule has 1 aliphatic heterocycles. The standard InChI is InChI=1S/C20H27N5O2.H2S/c1-13(2)22-18-21-10-15-16(23-18)11-25(20(15,3)4)19(27)24-17(12-26)14-8-6-5-7-9-14;/h5-10,13,17,26H,11-12H2,1-4H3,(H,24,27)(H,21,22,23);1H2/t17-;/m1./s1. The Balaban J connectivity index is 0.00000280. The molecule has 0 aliphatic carbocycles. The van der Waals surface area contributed by atoms with Gasteiger partial charge in [0.1, 0.15) is 0 Å². The summed E-state index contributed by atoms with van der Waals surface area (Å²) in [6, 6.07) is 8.99. The van der Waals surface area contributed by atoms with Crippen LogP contribution in [0.1, 0.15) is 50.6 Å². The zero-order valence-electron chi connectivity index (χ0n) is 16.7. The van der Waals surface area contributed by atoms with Crippen LogP contribution in [0.25, 0.3) is 0 Å². The van der Waals surface area contributed by atoms with Gasteiger partial charge < -0.3 is 20.6 Å². The van der Waals surface area contributed by atoms with Crippen molar-refractivity contribution >= 4 is 25.5 Å². The predicted molar refractivity (Wildman–Crippen MR) is 115 cm³/mol. The Morgan fingerprint density at radius 3 is 2.57 bits per heavy atom. The number of rotatable bonds is 5. The van der Waals surface area contributed by atoms with E-state index in [0.29, 0.717) is 12.5 Å². The van der Waals surface area contributed by atoms with Crippen molar-refractivity contribution in [3.05, 3.63) is 53.3 Å². The molecule has 0 saturated carbocycles. The summed E-state index contributed by atoms with van der Waals surface area (Å²) in [5.41, 5.74) is 2.11. The molecule has 1 aromatic heterocycles. The molecule has 28 heavy (non-hydrogen) atoms. The van der Waals surface area contributed by atoms with Gasteiger partial charge in [-0.25, -0.2) is 14.8 Å². The van der Waals surface area contributed by atoms with Crippen molar-refractivity contribution in [2.75, 3.05) is 11.9 Å². The summed E-state index contributed by atoms with van der Waals surface area (Å²) in [6.07, 6.45) is 1.79. The summed E-state index contributed by atoms with van der Waals surface area (Å²) in [7, 11) is 0. The number of aliphatic hydroxyl groups excluding tert-OH is 1. The van der Waals surface area contributed by atoms with E-state index in [-0.39, 0.29) is 32.2 Å². The topological polar surface area (TPSA) is 90.4 Å². The van der Waals surface area contributed by atoms with Gasteiger partial charge in [-0.1, -0.05) is 30.3 Å². The lowest BCUT2D eigenvalue weighted by Gasteiger charge is -2.33. The highest BCUT2D eigenvalue weighted by Gasteiger charge is 2.42. The SMILES string of the molecule is CC(C)Nc1ncc2c(n1)CN(C(=O)N[C@H](CO)c1ccccc1)C2(C)C.S. The number of nitrogens with zero attached hydrogens (tertiary/aromatic N) is 3. The second-order valence-corrected chi connectivity index (χ2v) is 7.59. The van der Waals surface area contributed by atoms with E-state index >= 15 is 0 Å². The Bertz CT molecular complexity index is 813. The molecule has 3 N–H and O–H groups in total. The number of aliphatic hydroxyl groups is 1. The van der Waals surface area contributed by atoms with Gasteiger partial charge in [0.25, 0.3) is 0 Å². The molecular weight excluding hydrogens is 374 g/mol. The monoisotopic (exact) mass is 403 g/mol. The lowest BCUT2D eigenvalue weighted by molar-refractivity contribution is 0.136. The van der Waals surface area contributed by atoms with Crippen LogP contribution in [-0.4, -0.2) is 38.7 Å². The van der Waals surface area contributed by atoms with Crippen molar-refractivity contribution in [1.29, 1.82) is 0 Å². The average Bonchev–Trinajstić information content (AvgIpc) is 2.90. The first-order chi connectivity index (χ1) is 12.8. The Morgan fingerprint density at radius 1 is 1.29 bits per heavy atom. The number of benzene rings is 1. The number of urea groups is 1. The summed E-state index contributed by atoms with van der Waals surface area (Å²) < 4.78 is 0. The number of hydrogen-bond donors (Lipinski definition) is 3. The van der Waals surface area contributed by atoms with Crippen LogP contribution in [0.2, 0.25) is 0 Å². The van der Waals surface area contributed by atoms with Crippen molar-refractivity contribution in [3.8, 4) is 0 Å². The third-order valence-corrected chi connectivity index (χ3v) is 4.85. The van der Waals surface area contributed by atoms with Crippen LogP contribution in [-0.2, 0) is 12.1 Å². The highest BCUT2D eigenvalue weighted by atomic mass is 32.1. The number of aromatic nitrogens is 2. The number of amides is 2. The van der Waals surface area contributed by atoms with Gasteiger partial charge in [-0.3, -0.25) is 0 Å². The molecule has 152 valence electrons. The molecule has 3 rings (SSSR count). The molecule has 2 aromatic rings.